The van der Waals surface area contributed by atoms with Gasteiger partial charge in [-0.1, -0.05) is 61.3 Å². The van der Waals surface area contributed by atoms with Gasteiger partial charge >= 0.3 is 11.9 Å². The van der Waals surface area contributed by atoms with Gasteiger partial charge in [-0.25, -0.2) is 4.79 Å². The second kappa shape index (κ2) is 21.0. The van der Waals surface area contributed by atoms with Crippen LogP contribution in [0.5, 0.6) is 0 Å². The minimum Gasteiger partial charge on any atom is -0.512 e. The second-order valence-electron chi connectivity index (χ2n) is 18.8. The number of ketones is 1. The van der Waals surface area contributed by atoms with Crippen LogP contribution in [-0.4, -0.2) is 56.5 Å². The monoisotopic (exact) mass is 883 g/mol. The van der Waals surface area contributed by atoms with Gasteiger partial charge in [-0.05, 0) is 142 Å². The van der Waals surface area contributed by atoms with Crippen LogP contribution in [0.25, 0.3) is 33.4 Å². The van der Waals surface area contributed by atoms with Gasteiger partial charge in [-0.15, -0.1) is 0 Å². The van der Waals surface area contributed by atoms with Gasteiger partial charge < -0.3 is 24.5 Å². The summed E-state index contributed by atoms with van der Waals surface area (Å²) in [6.07, 6.45) is 16.4. The molecule has 2 aliphatic heterocycles. The van der Waals surface area contributed by atoms with Crippen LogP contribution in [0.4, 0.5) is 0 Å². The number of aliphatic hydroxyl groups excluding tert-OH is 1. The van der Waals surface area contributed by atoms with Gasteiger partial charge in [-0.3, -0.25) is 19.6 Å². The van der Waals surface area contributed by atoms with E-state index in [4.69, 9.17) is 19.4 Å². The number of aliphatic hydroxyl groups is 1. The smallest absolute Gasteiger partial charge is 0.342 e. The molecule has 0 aromatic carbocycles. The van der Waals surface area contributed by atoms with Gasteiger partial charge in [0.15, 0.2) is 0 Å². The summed E-state index contributed by atoms with van der Waals surface area (Å²) in [7, 11) is 1.28. The molecule has 1 aliphatic carbocycles. The zero-order chi connectivity index (χ0) is 47.3. The molecule has 0 saturated heterocycles. The number of nitrogens with one attached hydrogen (secondary N) is 2. The molecule has 10 nitrogen and oxygen atoms in total. The topological polar surface area (TPSA) is 147 Å². The van der Waals surface area contributed by atoms with Crippen LogP contribution in [-0.2, 0) is 19.1 Å². The van der Waals surface area contributed by atoms with E-state index >= 15 is 0 Å². The average Bonchev–Trinajstić information content (AvgIpc) is 4.00. The fraction of sp³-hybridized carbons (Fsp3) is 0.473. The van der Waals surface area contributed by atoms with Crippen molar-refractivity contribution < 1.29 is 29.0 Å². The molecule has 0 radical (unpaired) electrons. The maximum Gasteiger partial charge on any atom is 0.342 e. The van der Waals surface area contributed by atoms with Crippen molar-refractivity contribution in [3.8, 4) is 0 Å². The summed E-state index contributed by atoms with van der Waals surface area (Å²) < 4.78 is 11.0. The molecule has 3 aliphatic rings. The van der Waals surface area contributed by atoms with Crippen molar-refractivity contribution in [2.45, 2.75) is 158 Å². The molecule has 6 rings (SSSR count). The van der Waals surface area contributed by atoms with Gasteiger partial charge in [0.1, 0.15) is 12.2 Å². The van der Waals surface area contributed by atoms with Crippen LogP contribution >= 0.6 is 0 Å². The molecule has 65 heavy (non-hydrogen) atoms. The lowest BCUT2D eigenvalue weighted by Gasteiger charge is -2.16. The minimum atomic E-state index is -0.737. The van der Waals surface area contributed by atoms with Crippen molar-refractivity contribution in [1.82, 2.24) is 19.9 Å². The van der Waals surface area contributed by atoms with Crippen molar-refractivity contribution >= 4 is 51.1 Å². The Morgan fingerprint density at radius 3 is 1.92 bits per heavy atom. The van der Waals surface area contributed by atoms with E-state index in [-0.39, 0.29) is 54.0 Å². The Hall–Kier alpha value is -5.77. The first-order valence-corrected chi connectivity index (χ1v) is 23.5. The average molecular weight is 883 g/mol. The molecule has 4 unspecified atom stereocenters. The maximum atomic E-state index is 14.4. The molecule has 5 heterocycles. The molecular formula is C55H70N4O6. The van der Waals surface area contributed by atoms with E-state index in [1.807, 2.05) is 38.1 Å². The molecule has 3 N–H and O–H groups in total. The van der Waals surface area contributed by atoms with Crippen LogP contribution in [0.3, 0.4) is 0 Å². The van der Waals surface area contributed by atoms with Gasteiger partial charge in [0, 0.05) is 68.6 Å². The zero-order valence-electron chi connectivity index (χ0n) is 40.8. The summed E-state index contributed by atoms with van der Waals surface area (Å²) in [5.41, 5.74) is 13.1. The van der Waals surface area contributed by atoms with Crippen LogP contribution < -0.4 is 10.4 Å². The first-order chi connectivity index (χ1) is 30.9. The van der Waals surface area contributed by atoms with Crippen molar-refractivity contribution in [3.05, 3.63) is 115 Å². The van der Waals surface area contributed by atoms with E-state index in [1.165, 1.54) is 29.4 Å². The molecule has 346 valence electrons. The molecule has 4 atom stereocenters. The first kappa shape index (κ1) is 48.7. The van der Waals surface area contributed by atoms with Crippen LogP contribution in [0.1, 0.15) is 188 Å². The highest BCUT2D eigenvalue weighted by Crippen LogP contribution is 2.41. The number of carbonyl (C=O) groups excluding carboxylic acids is 3. The summed E-state index contributed by atoms with van der Waals surface area (Å²) in [6, 6.07) is 6.03. The van der Waals surface area contributed by atoms with Crippen molar-refractivity contribution in [2.75, 3.05) is 13.7 Å². The largest absolute Gasteiger partial charge is 0.512 e. The highest BCUT2D eigenvalue weighted by molar-refractivity contribution is 6.48. The number of hydrogen-bond acceptors (Lipinski definition) is 8. The Morgan fingerprint density at radius 2 is 1.31 bits per heavy atom. The summed E-state index contributed by atoms with van der Waals surface area (Å²) in [6.45, 7) is 22.9. The van der Waals surface area contributed by atoms with Crippen molar-refractivity contribution in [3.63, 3.8) is 0 Å². The number of allylic oxidation sites excluding steroid dienone is 7. The second-order valence-corrected chi connectivity index (χ2v) is 18.8. The zero-order valence-corrected chi connectivity index (χ0v) is 40.8. The molecule has 0 saturated carbocycles. The third-order valence-electron chi connectivity index (χ3n) is 13.8. The highest BCUT2D eigenvalue weighted by atomic mass is 16.5. The lowest BCUT2D eigenvalue weighted by Crippen LogP contribution is -2.22. The number of esters is 2. The van der Waals surface area contributed by atoms with Crippen molar-refractivity contribution in [2.24, 2.45) is 0 Å². The van der Waals surface area contributed by atoms with Gasteiger partial charge in [0.05, 0.1) is 35.2 Å². The fourth-order valence-corrected chi connectivity index (χ4v) is 9.78. The number of carbonyl (C=O) groups is 3. The van der Waals surface area contributed by atoms with Crippen molar-refractivity contribution in [1.29, 1.82) is 0 Å². The molecule has 3 aromatic rings. The highest BCUT2D eigenvalue weighted by Gasteiger charge is 2.38. The third-order valence-corrected chi connectivity index (χ3v) is 13.8. The maximum absolute atomic E-state index is 14.4. The Bertz CT molecular complexity index is 2790. The van der Waals surface area contributed by atoms with Crippen LogP contribution in [0.15, 0.2) is 64.8 Å². The lowest BCUT2D eigenvalue weighted by molar-refractivity contribution is -0.142. The van der Waals surface area contributed by atoms with Gasteiger partial charge in [-0.2, -0.15) is 0 Å². The van der Waals surface area contributed by atoms with E-state index in [0.29, 0.717) is 44.9 Å². The van der Waals surface area contributed by atoms with E-state index < -0.39 is 11.8 Å². The van der Waals surface area contributed by atoms with Gasteiger partial charge in [0.2, 0.25) is 5.78 Å². The van der Waals surface area contributed by atoms with Gasteiger partial charge in [0.25, 0.3) is 0 Å². The molecule has 8 bridgehead atoms. The number of rotatable bonds is 16. The summed E-state index contributed by atoms with van der Waals surface area (Å²) in [5.74, 6) is -1.64. The molecule has 0 spiro atoms. The Labute approximate surface area is 384 Å². The number of aryl methyl sites for hydroxylation is 2. The third kappa shape index (κ3) is 10.7. The van der Waals surface area contributed by atoms with Crippen LogP contribution in [0.2, 0.25) is 0 Å². The Kier molecular flexibility index (Phi) is 15.8. The fourth-order valence-electron chi connectivity index (χ4n) is 9.78. The SMILES string of the molecule is CCC1c2cc3[nH]c4c(c3C)C(=O)C(C(=O)OC)=c4c3nc(cc4[nH]c(cc(n2)C1C)c(=C(C)O)c4C)C(C)C3CCC(=O)OCC=C(C)CCC=C(C)CCC=C(C)CCC=C(C)C. The number of fused-ring (bicyclic) bond motifs is 8. The number of Topliss-reactive ketones (excluding diaryl/α,β-unsaturated/α-hetero) is 1. The first-order valence-electron chi connectivity index (χ1n) is 23.5. The number of nitrogens with zero attached hydrogens (tertiary/aromatic N) is 2. The number of H-pyrrole nitrogens is 2. The predicted molar refractivity (Wildman–Crippen MR) is 262 cm³/mol. The number of aromatic amines is 2. The Morgan fingerprint density at radius 1 is 0.738 bits per heavy atom. The van der Waals surface area contributed by atoms with E-state index in [9.17, 15) is 19.5 Å². The predicted octanol–water partition coefficient (Wildman–Crippen LogP) is 11.8. The van der Waals surface area contributed by atoms with Crippen LogP contribution in [0, 0.1) is 13.8 Å². The molecule has 0 amide bonds. The normalized spacial score (nSPS) is 19.2. The van der Waals surface area contributed by atoms with E-state index in [2.05, 4.69) is 83.6 Å². The number of aromatic nitrogens is 4. The molecule has 0 fully saturated rings. The standard InChI is InChI=1S/C55H70N4O6/c1-13-39-34(7)41-29-46-48(38(11)60)36(9)43(57-46)27-42-35(8)40(52(58-42)50-51(55(63)64-12)54(62)49-37(10)44(59-53(49)50)28-45(39)56-41)23-24-47(61)65-26-25-33(6)22-16-21-32(5)20-15-19-31(4)18-14-17-30(2)3/h17,19,21,25,27-29,34-35,39-40,57,59-60H,13-16,18,20,22-24,26H2,1-12H3. The molecular weight excluding hydrogens is 813 g/mol. The minimum absolute atomic E-state index is 0.0674. The van der Waals surface area contributed by atoms with E-state index in [1.54, 1.807) is 6.92 Å². The molecule has 3 aromatic heterocycles. The summed E-state index contributed by atoms with van der Waals surface area (Å²) in [4.78, 5) is 58.8. The number of methoxy groups -OCH3 is 1. The summed E-state index contributed by atoms with van der Waals surface area (Å²) >= 11 is 0. The quantitative estimate of drug-likeness (QED) is 0.0951. The van der Waals surface area contributed by atoms with E-state index in [0.717, 1.165) is 78.4 Å². The Balaban J connectivity index is 1.30. The number of ether oxygens (including phenoxy) is 2. The number of hydrogen-bond donors (Lipinski definition) is 3. The summed E-state index contributed by atoms with van der Waals surface area (Å²) in [5, 5.41) is 12.1. The lowest BCUT2D eigenvalue weighted by atomic mass is 9.86. The molecule has 10 heteroatoms.